The second-order valence-electron chi connectivity index (χ2n) is 5.57. The van der Waals surface area contributed by atoms with E-state index in [1.54, 1.807) is 12.1 Å². The highest BCUT2D eigenvalue weighted by Crippen LogP contribution is 2.23. The number of carbonyl (C=O) groups is 1. The molecule has 2 aromatic carbocycles. The van der Waals surface area contributed by atoms with Gasteiger partial charge in [-0.1, -0.05) is 24.3 Å². The van der Waals surface area contributed by atoms with Gasteiger partial charge in [0.15, 0.2) is 0 Å². The summed E-state index contributed by atoms with van der Waals surface area (Å²) in [5, 5.41) is 0. The van der Waals surface area contributed by atoms with Crippen molar-refractivity contribution in [2.75, 3.05) is 6.54 Å². The Morgan fingerprint density at radius 2 is 1.14 bits per heavy atom. The minimum atomic E-state index is -4.70. The molecule has 0 unspecified atom stereocenters. The van der Waals surface area contributed by atoms with E-state index < -0.39 is 18.6 Å². The van der Waals surface area contributed by atoms with E-state index in [9.17, 15) is 31.1 Å². The van der Waals surface area contributed by atoms with Gasteiger partial charge in [-0.05, 0) is 48.4 Å². The molecule has 2 rings (SSSR count). The maximum atomic E-state index is 11.8. The van der Waals surface area contributed by atoms with Gasteiger partial charge >= 0.3 is 12.7 Å². The minimum Gasteiger partial charge on any atom is -0.406 e. The number of halogens is 6. The summed E-state index contributed by atoms with van der Waals surface area (Å²) in [5.41, 5.74) is 11.6. The summed E-state index contributed by atoms with van der Waals surface area (Å²) in [6.45, 7) is 0.472. The lowest BCUT2D eigenvalue weighted by molar-refractivity contribution is -0.275. The molecular formula is C18H18F6N2O3. The molecular weight excluding hydrogens is 406 g/mol. The van der Waals surface area contributed by atoms with Crippen molar-refractivity contribution in [1.29, 1.82) is 0 Å². The van der Waals surface area contributed by atoms with Crippen LogP contribution in [0.3, 0.4) is 0 Å². The average molecular weight is 424 g/mol. The second-order valence-corrected chi connectivity index (χ2v) is 5.57. The van der Waals surface area contributed by atoms with Crippen LogP contribution < -0.4 is 20.9 Å². The first kappa shape index (κ1) is 24.1. The van der Waals surface area contributed by atoms with Gasteiger partial charge in [0.1, 0.15) is 11.5 Å². The highest BCUT2D eigenvalue weighted by molar-refractivity contribution is 5.76. The topological polar surface area (TPSA) is 87.6 Å². The third-order valence-corrected chi connectivity index (χ3v) is 3.13. The molecule has 2 aromatic rings. The zero-order valence-corrected chi connectivity index (χ0v) is 14.9. The van der Waals surface area contributed by atoms with Crippen LogP contribution in [0, 0.1) is 0 Å². The fourth-order valence-corrected chi connectivity index (χ4v) is 2.03. The molecule has 0 heterocycles. The molecule has 29 heavy (non-hydrogen) atoms. The number of rotatable bonds is 6. The van der Waals surface area contributed by atoms with Gasteiger partial charge in [0.05, 0.1) is 6.42 Å². The molecule has 0 aromatic heterocycles. The monoisotopic (exact) mass is 424 g/mol. The first-order valence-corrected chi connectivity index (χ1v) is 8.05. The Morgan fingerprint density at radius 1 is 0.759 bits per heavy atom. The maximum Gasteiger partial charge on any atom is 0.573 e. The fraction of sp³-hybridized carbons (Fsp3) is 0.278. The Kier molecular flexibility index (Phi) is 8.77. The lowest BCUT2D eigenvalue weighted by atomic mass is 10.1. The normalized spacial score (nSPS) is 11.3. The number of hydrogen-bond acceptors (Lipinski definition) is 4. The first-order valence-electron chi connectivity index (χ1n) is 8.05. The molecule has 0 aliphatic carbocycles. The summed E-state index contributed by atoms with van der Waals surface area (Å²) < 4.78 is 77.9. The summed E-state index contributed by atoms with van der Waals surface area (Å²) in [7, 11) is 0. The Morgan fingerprint density at radius 3 is 1.45 bits per heavy atom. The van der Waals surface area contributed by atoms with Crippen molar-refractivity contribution in [2.45, 2.75) is 25.6 Å². The number of amides is 1. The number of hydrogen-bond donors (Lipinski definition) is 2. The number of primary amides is 1. The highest BCUT2D eigenvalue weighted by atomic mass is 19.4. The molecule has 0 saturated carbocycles. The molecule has 0 atom stereocenters. The first-order chi connectivity index (χ1) is 13.4. The summed E-state index contributed by atoms with van der Waals surface area (Å²) in [6.07, 6.45) is -8.70. The van der Waals surface area contributed by atoms with E-state index in [-0.39, 0.29) is 17.9 Å². The van der Waals surface area contributed by atoms with E-state index >= 15 is 0 Å². The predicted octanol–water partition coefficient (Wildman–Crippen LogP) is 3.70. The van der Waals surface area contributed by atoms with Crippen molar-refractivity contribution in [3.63, 3.8) is 0 Å². The summed E-state index contributed by atoms with van der Waals surface area (Å²) in [5.74, 6) is -1.08. The van der Waals surface area contributed by atoms with Crippen LogP contribution in [0.5, 0.6) is 11.5 Å². The molecule has 4 N–H and O–H groups in total. The summed E-state index contributed by atoms with van der Waals surface area (Å²) in [6, 6.07) is 10.6. The van der Waals surface area contributed by atoms with Gasteiger partial charge in [-0.3, -0.25) is 4.79 Å². The Bertz CT molecular complexity index is 759. The third kappa shape index (κ3) is 11.5. The van der Waals surface area contributed by atoms with Gasteiger partial charge in [0, 0.05) is 0 Å². The number of nitrogens with two attached hydrogens (primary N) is 2. The van der Waals surface area contributed by atoms with E-state index in [1.165, 1.54) is 24.3 Å². The Hall–Kier alpha value is -2.95. The molecule has 0 aliphatic rings. The van der Waals surface area contributed by atoms with E-state index in [2.05, 4.69) is 9.47 Å². The molecule has 0 saturated heterocycles. The lowest BCUT2D eigenvalue weighted by Crippen LogP contribution is -2.17. The van der Waals surface area contributed by atoms with Crippen molar-refractivity contribution in [2.24, 2.45) is 11.5 Å². The summed E-state index contributed by atoms with van der Waals surface area (Å²) >= 11 is 0. The van der Waals surface area contributed by atoms with Gasteiger partial charge < -0.3 is 20.9 Å². The van der Waals surface area contributed by atoms with E-state index in [0.29, 0.717) is 18.5 Å². The average Bonchev–Trinajstić information content (AvgIpc) is 2.56. The maximum absolute atomic E-state index is 11.8. The molecule has 0 fully saturated rings. The second kappa shape index (κ2) is 10.6. The van der Waals surface area contributed by atoms with Gasteiger partial charge in [0.25, 0.3) is 0 Å². The van der Waals surface area contributed by atoms with Crippen LogP contribution in [0.4, 0.5) is 26.3 Å². The van der Waals surface area contributed by atoms with Crippen LogP contribution in [0.25, 0.3) is 0 Å². The van der Waals surface area contributed by atoms with Crippen LogP contribution in [0.2, 0.25) is 0 Å². The molecule has 0 aliphatic heterocycles. The highest BCUT2D eigenvalue weighted by Gasteiger charge is 2.31. The van der Waals surface area contributed by atoms with Gasteiger partial charge in [-0.2, -0.15) is 0 Å². The van der Waals surface area contributed by atoms with Crippen molar-refractivity contribution < 1.29 is 40.6 Å². The van der Waals surface area contributed by atoms with Crippen molar-refractivity contribution >= 4 is 5.91 Å². The van der Waals surface area contributed by atoms with Crippen LogP contribution in [0.15, 0.2) is 48.5 Å². The standard InChI is InChI=1S/C9H8F3NO2.C9H10F3NO/c10-9(11,12)15-7-3-1-6(2-4-7)5-8(13)14;10-9(11,12)14-8-3-1-7(2-4-8)5-6-13/h1-4H,5H2,(H2,13,14);1-4H,5-6,13H2. The molecule has 0 radical (unpaired) electrons. The molecule has 5 nitrogen and oxygen atoms in total. The third-order valence-electron chi connectivity index (χ3n) is 3.13. The quantitative estimate of drug-likeness (QED) is 0.693. The number of carbonyl (C=O) groups excluding carboxylic acids is 1. The smallest absolute Gasteiger partial charge is 0.406 e. The molecule has 0 spiro atoms. The van der Waals surface area contributed by atoms with Crippen molar-refractivity contribution in [1.82, 2.24) is 0 Å². The SMILES string of the molecule is NC(=O)Cc1ccc(OC(F)(F)F)cc1.NCCc1ccc(OC(F)(F)F)cc1. The number of benzene rings is 2. The van der Waals surface area contributed by atoms with Crippen LogP contribution in [-0.2, 0) is 17.6 Å². The molecule has 160 valence electrons. The number of ether oxygens (including phenoxy) is 2. The van der Waals surface area contributed by atoms with Gasteiger partial charge in [0.2, 0.25) is 5.91 Å². The van der Waals surface area contributed by atoms with E-state index in [1.807, 2.05) is 0 Å². The van der Waals surface area contributed by atoms with Crippen LogP contribution in [0.1, 0.15) is 11.1 Å². The number of alkyl halides is 6. The largest absolute Gasteiger partial charge is 0.573 e. The van der Waals surface area contributed by atoms with Gasteiger partial charge in [-0.15, -0.1) is 26.3 Å². The van der Waals surface area contributed by atoms with E-state index in [0.717, 1.165) is 17.7 Å². The van der Waals surface area contributed by atoms with Crippen molar-refractivity contribution in [3.8, 4) is 11.5 Å². The molecule has 0 bridgehead atoms. The van der Waals surface area contributed by atoms with E-state index in [4.69, 9.17) is 11.5 Å². The summed E-state index contributed by atoms with van der Waals surface area (Å²) in [4.78, 5) is 10.5. The fourth-order valence-electron chi connectivity index (χ4n) is 2.03. The molecule has 1 amide bonds. The predicted molar refractivity (Wildman–Crippen MR) is 91.9 cm³/mol. The van der Waals surface area contributed by atoms with Crippen LogP contribution >= 0.6 is 0 Å². The minimum absolute atomic E-state index is 0.00764. The van der Waals surface area contributed by atoms with Crippen molar-refractivity contribution in [3.05, 3.63) is 59.7 Å². The zero-order valence-electron chi connectivity index (χ0n) is 14.9. The lowest BCUT2D eigenvalue weighted by Gasteiger charge is -2.08. The Labute approximate surface area is 162 Å². The zero-order chi connectivity index (χ0) is 22.1. The van der Waals surface area contributed by atoms with Gasteiger partial charge in [-0.25, -0.2) is 0 Å². The van der Waals surface area contributed by atoms with Crippen LogP contribution in [-0.4, -0.2) is 25.2 Å². The Balaban J connectivity index is 0.000000291. The molecule has 11 heteroatoms.